The van der Waals surface area contributed by atoms with Crippen molar-refractivity contribution >= 4 is 29.1 Å². The SMILES string of the molecule is CCNC(=O)c1ccc(NC(=O)[C@@H]2C[C@H]2c2ccccc2)cc1Cl. The maximum atomic E-state index is 12.4. The zero-order chi connectivity index (χ0) is 17.1. The highest BCUT2D eigenvalue weighted by Gasteiger charge is 2.43. The fraction of sp³-hybridized carbons (Fsp3) is 0.263. The van der Waals surface area contributed by atoms with Gasteiger partial charge in [-0.15, -0.1) is 0 Å². The highest BCUT2D eigenvalue weighted by molar-refractivity contribution is 6.34. The predicted molar refractivity (Wildman–Crippen MR) is 95.4 cm³/mol. The van der Waals surface area contributed by atoms with Crippen LogP contribution in [0.25, 0.3) is 0 Å². The third-order valence-electron chi connectivity index (χ3n) is 4.17. The number of hydrogen-bond acceptors (Lipinski definition) is 2. The molecule has 4 nitrogen and oxygen atoms in total. The molecule has 0 aromatic heterocycles. The van der Waals surface area contributed by atoms with E-state index in [1.165, 1.54) is 5.56 Å². The molecule has 1 saturated carbocycles. The van der Waals surface area contributed by atoms with Crippen molar-refractivity contribution in [1.82, 2.24) is 5.32 Å². The van der Waals surface area contributed by atoms with Crippen LogP contribution in [-0.4, -0.2) is 18.4 Å². The topological polar surface area (TPSA) is 58.2 Å². The summed E-state index contributed by atoms with van der Waals surface area (Å²) >= 11 is 6.15. The van der Waals surface area contributed by atoms with Gasteiger partial charge in [0.1, 0.15) is 0 Å². The van der Waals surface area contributed by atoms with E-state index in [4.69, 9.17) is 11.6 Å². The van der Waals surface area contributed by atoms with E-state index >= 15 is 0 Å². The molecule has 0 aliphatic heterocycles. The largest absolute Gasteiger partial charge is 0.352 e. The van der Waals surface area contributed by atoms with Gasteiger partial charge in [0.25, 0.3) is 5.91 Å². The fourth-order valence-electron chi connectivity index (χ4n) is 2.82. The van der Waals surface area contributed by atoms with Gasteiger partial charge in [-0.2, -0.15) is 0 Å². The molecule has 0 radical (unpaired) electrons. The van der Waals surface area contributed by atoms with Crippen molar-refractivity contribution in [3.8, 4) is 0 Å². The smallest absolute Gasteiger partial charge is 0.252 e. The molecular weight excluding hydrogens is 324 g/mol. The number of hydrogen-bond donors (Lipinski definition) is 2. The summed E-state index contributed by atoms with van der Waals surface area (Å²) in [5.41, 5.74) is 2.21. The molecule has 3 rings (SSSR count). The van der Waals surface area contributed by atoms with Crippen molar-refractivity contribution in [3.05, 3.63) is 64.7 Å². The summed E-state index contributed by atoms with van der Waals surface area (Å²) in [6.07, 6.45) is 0.862. The first kappa shape index (κ1) is 16.5. The van der Waals surface area contributed by atoms with E-state index in [1.807, 2.05) is 25.1 Å². The van der Waals surface area contributed by atoms with Gasteiger partial charge in [-0.1, -0.05) is 41.9 Å². The molecule has 0 heterocycles. The molecule has 2 aromatic carbocycles. The van der Waals surface area contributed by atoms with Crippen LogP contribution in [0.2, 0.25) is 5.02 Å². The predicted octanol–water partition coefficient (Wildman–Crippen LogP) is 3.83. The summed E-state index contributed by atoms with van der Waals surface area (Å²) in [5.74, 6) is 0.0582. The minimum atomic E-state index is -0.216. The normalized spacial score (nSPS) is 18.8. The van der Waals surface area contributed by atoms with Gasteiger partial charge >= 0.3 is 0 Å². The standard InChI is InChI=1S/C19H19ClN2O2/c1-2-21-18(23)14-9-8-13(10-17(14)20)22-19(24)16-11-15(16)12-6-4-3-5-7-12/h3-10,15-16H,2,11H2,1H3,(H,21,23)(H,22,24)/t15-,16+/m0/s1. The van der Waals surface area contributed by atoms with Crippen molar-refractivity contribution in [3.63, 3.8) is 0 Å². The third kappa shape index (κ3) is 3.60. The molecule has 1 aliphatic carbocycles. The van der Waals surface area contributed by atoms with E-state index in [0.29, 0.717) is 22.8 Å². The molecule has 0 saturated heterocycles. The maximum Gasteiger partial charge on any atom is 0.252 e. The fourth-order valence-corrected chi connectivity index (χ4v) is 3.09. The number of rotatable bonds is 5. The Morgan fingerprint density at radius 2 is 1.92 bits per heavy atom. The van der Waals surface area contributed by atoms with Crippen LogP contribution in [-0.2, 0) is 4.79 Å². The van der Waals surface area contributed by atoms with Gasteiger partial charge in [-0.25, -0.2) is 0 Å². The van der Waals surface area contributed by atoms with E-state index < -0.39 is 0 Å². The Morgan fingerprint density at radius 3 is 2.58 bits per heavy atom. The van der Waals surface area contributed by atoms with Crippen molar-refractivity contribution in [2.45, 2.75) is 19.3 Å². The summed E-state index contributed by atoms with van der Waals surface area (Å²) in [6, 6.07) is 15.0. The monoisotopic (exact) mass is 342 g/mol. The Kier molecular flexibility index (Phi) is 4.86. The lowest BCUT2D eigenvalue weighted by molar-refractivity contribution is -0.117. The number of benzene rings is 2. The maximum absolute atomic E-state index is 12.4. The first-order valence-electron chi connectivity index (χ1n) is 8.03. The molecule has 2 atom stereocenters. The van der Waals surface area contributed by atoms with Gasteiger partial charge in [0.05, 0.1) is 10.6 Å². The third-order valence-corrected chi connectivity index (χ3v) is 4.49. The molecule has 0 bridgehead atoms. The molecule has 24 heavy (non-hydrogen) atoms. The van der Waals surface area contributed by atoms with Crippen molar-refractivity contribution in [1.29, 1.82) is 0 Å². The summed E-state index contributed by atoms with van der Waals surface area (Å²) in [6.45, 7) is 2.38. The Bertz CT molecular complexity index is 761. The minimum Gasteiger partial charge on any atom is -0.352 e. The first-order valence-corrected chi connectivity index (χ1v) is 8.41. The number of nitrogens with one attached hydrogen (secondary N) is 2. The van der Waals surface area contributed by atoms with Crippen LogP contribution in [0.5, 0.6) is 0 Å². The lowest BCUT2D eigenvalue weighted by atomic mass is 10.1. The molecule has 124 valence electrons. The second-order valence-corrected chi connectivity index (χ2v) is 6.31. The number of carbonyl (C=O) groups excluding carboxylic acids is 2. The van der Waals surface area contributed by atoms with E-state index in [9.17, 15) is 9.59 Å². The van der Waals surface area contributed by atoms with Gasteiger partial charge in [0, 0.05) is 18.2 Å². The second kappa shape index (κ2) is 7.05. The minimum absolute atomic E-state index is 0.00533. The molecule has 5 heteroatoms. The van der Waals surface area contributed by atoms with Gasteiger partial charge in [-0.3, -0.25) is 9.59 Å². The molecule has 2 aromatic rings. The van der Waals surface area contributed by atoms with Crippen LogP contribution in [0.1, 0.15) is 35.2 Å². The van der Waals surface area contributed by atoms with Crippen LogP contribution >= 0.6 is 11.6 Å². The summed E-state index contributed by atoms with van der Waals surface area (Å²) in [4.78, 5) is 24.2. The van der Waals surface area contributed by atoms with E-state index in [1.54, 1.807) is 18.2 Å². The molecule has 0 spiro atoms. The van der Waals surface area contributed by atoms with Crippen LogP contribution in [0.3, 0.4) is 0 Å². The Hall–Kier alpha value is -2.33. The molecule has 0 unspecified atom stereocenters. The van der Waals surface area contributed by atoms with Crippen molar-refractivity contribution in [2.75, 3.05) is 11.9 Å². The molecular formula is C19H19ClN2O2. The van der Waals surface area contributed by atoms with Crippen LogP contribution in [0.4, 0.5) is 5.69 Å². The Morgan fingerprint density at radius 1 is 1.17 bits per heavy atom. The Labute approximate surface area is 146 Å². The lowest BCUT2D eigenvalue weighted by Crippen LogP contribution is -2.23. The summed E-state index contributed by atoms with van der Waals surface area (Å²) < 4.78 is 0. The van der Waals surface area contributed by atoms with Crippen LogP contribution in [0, 0.1) is 5.92 Å². The van der Waals surface area contributed by atoms with Gasteiger partial charge < -0.3 is 10.6 Å². The highest BCUT2D eigenvalue weighted by Crippen LogP contribution is 2.47. The number of carbonyl (C=O) groups is 2. The van der Waals surface area contributed by atoms with Crippen molar-refractivity contribution in [2.24, 2.45) is 5.92 Å². The zero-order valence-electron chi connectivity index (χ0n) is 13.4. The van der Waals surface area contributed by atoms with Gasteiger partial charge in [0.2, 0.25) is 5.91 Å². The molecule has 1 fully saturated rings. The number of halogens is 1. The average Bonchev–Trinajstić information content (AvgIpc) is 3.37. The van der Waals surface area contributed by atoms with Gasteiger partial charge in [0.15, 0.2) is 0 Å². The zero-order valence-corrected chi connectivity index (χ0v) is 14.1. The summed E-state index contributed by atoms with van der Waals surface area (Å²) in [7, 11) is 0. The van der Waals surface area contributed by atoms with E-state index in [-0.39, 0.29) is 23.7 Å². The number of amides is 2. The van der Waals surface area contributed by atoms with Crippen LogP contribution in [0.15, 0.2) is 48.5 Å². The summed E-state index contributed by atoms with van der Waals surface area (Å²) in [5, 5.41) is 5.92. The molecule has 2 N–H and O–H groups in total. The highest BCUT2D eigenvalue weighted by atomic mass is 35.5. The lowest BCUT2D eigenvalue weighted by Gasteiger charge is -2.09. The second-order valence-electron chi connectivity index (χ2n) is 5.90. The molecule has 2 amide bonds. The Balaban J connectivity index is 1.64. The number of anilines is 1. The van der Waals surface area contributed by atoms with Crippen molar-refractivity contribution < 1.29 is 9.59 Å². The quantitative estimate of drug-likeness (QED) is 0.867. The van der Waals surface area contributed by atoms with E-state index in [2.05, 4.69) is 22.8 Å². The van der Waals surface area contributed by atoms with E-state index in [0.717, 1.165) is 6.42 Å². The first-order chi connectivity index (χ1) is 11.6. The van der Waals surface area contributed by atoms with Crippen LogP contribution < -0.4 is 10.6 Å². The average molecular weight is 343 g/mol. The molecule has 1 aliphatic rings. The van der Waals surface area contributed by atoms with Gasteiger partial charge in [-0.05, 0) is 43.0 Å².